The first kappa shape index (κ1) is 16.8. The highest BCUT2D eigenvalue weighted by molar-refractivity contribution is 9.10. The molecule has 118 valence electrons. The number of hydrogen-bond donors (Lipinski definition) is 1. The van der Waals surface area contributed by atoms with Crippen LogP contribution in [0.4, 0.5) is 5.69 Å². The molecule has 3 nitrogen and oxygen atoms in total. The molecular weight excluding hydrogens is 328 g/mol. The Morgan fingerprint density at radius 2 is 2.19 bits per heavy atom. The van der Waals surface area contributed by atoms with Crippen molar-refractivity contribution in [3.63, 3.8) is 0 Å². The maximum Gasteiger partial charge on any atom is 0.0744 e. The summed E-state index contributed by atoms with van der Waals surface area (Å²) >= 11 is 3.63. The van der Waals surface area contributed by atoms with E-state index in [1.54, 1.807) is 7.11 Å². The van der Waals surface area contributed by atoms with Crippen molar-refractivity contribution in [1.29, 1.82) is 0 Å². The second kappa shape index (κ2) is 8.76. The topological polar surface area (TPSA) is 24.5 Å². The minimum atomic E-state index is 0.566. The lowest BCUT2D eigenvalue weighted by Gasteiger charge is -2.22. The molecule has 1 aliphatic rings. The number of methoxy groups -OCH3 is 1. The Bertz CT molecular complexity index is 439. The Morgan fingerprint density at radius 1 is 1.33 bits per heavy atom. The zero-order valence-corrected chi connectivity index (χ0v) is 14.8. The molecule has 1 N–H and O–H groups in total. The molecule has 0 saturated carbocycles. The molecule has 1 fully saturated rings. The highest BCUT2D eigenvalue weighted by atomic mass is 79.9. The Kier molecular flexibility index (Phi) is 7.00. The molecule has 0 aromatic heterocycles. The summed E-state index contributed by atoms with van der Waals surface area (Å²) in [5.41, 5.74) is 2.43. The van der Waals surface area contributed by atoms with E-state index >= 15 is 0 Å². The van der Waals surface area contributed by atoms with E-state index in [-0.39, 0.29) is 0 Å². The lowest BCUT2D eigenvalue weighted by Crippen LogP contribution is -2.27. The number of rotatable bonds is 6. The molecule has 0 bridgehead atoms. The van der Waals surface area contributed by atoms with Crippen LogP contribution in [0.25, 0.3) is 0 Å². The van der Waals surface area contributed by atoms with Gasteiger partial charge in [-0.05, 0) is 50.9 Å². The molecule has 1 aliphatic heterocycles. The average molecular weight is 355 g/mol. The normalized spacial score (nSPS) is 20.2. The second-order valence-electron chi connectivity index (χ2n) is 5.81. The van der Waals surface area contributed by atoms with Crippen molar-refractivity contribution >= 4 is 21.6 Å². The first-order valence-corrected chi connectivity index (χ1v) is 8.79. The zero-order chi connectivity index (χ0) is 15.1. The van der Waals surface area contributed by atoms with Crippen molar-refractivity contribution in [2.24, 2.45) is 0 Å². The third kappa shape index (κ3) is 4.97. The molecule has 1 heterocycles. The van der Waals surface area contributed by atoms with Crippen LogP contribution in [0.3, 0.4) is 0 Å². The number of likely N-dealkylation sites (tertiary alicyclic amines) is 1. The Labute approximate surface area is 137 Å². The lowest BCUT2D eigenvalue weighted by molar-refractivity contribution is 0.185. The van der Waals surface area contributed by atoms with Gasteiger partial charge < -0.3 is 15.0 Å². The molecule has 0 spiro atoms. The van der Waals surface area contributed by atoms with Gasteiger partial charge in [0.15, 0.2) is 0 Å². The number of ether oxygens (including phenoxy) is 1. The van der Waals surface area contributed by atoms with Gasteiger partial charge in [-0.1, -0.05) is 28.9 Å². The molecule has 1 unspecified atom stereocenters. The van der Waals surface area contributed by atoms with E-state index < -0.39 is 0 Å². The van der Waals surface area contributed by atoms with E-state index in [1.807, 2.05) is 0 Å². The SMILES string of the molecule is CCCN1CCCC(Nc2cccc(Br)c2COC)CC1. The summed E-state index contributed by atoms with van der Waals surface area (Å²) in [4.78, 5) is 2.60. The second-order valence-corrected chi connectivity index (χ2v) is 6.67. The van der Waals surface area contributed by atoms with Gasteiger partial charge in [-0.15, -0.1) is 0 Å². The van der Waals surface area contributed by atoms with Crippen LogP contribution in [-0.2, 0) is 11.3 Å². The maximum atomic E-state index is 5.33. The van der Waals surface area contributed by atoms with Gasteiger partial charge in [0.1, 0.15) is 0 Å². The number of halogens is 1. The van der Waals surface area contributed by atoms with Crippen LogP contribution in [-0.4, -0.2) is 37.7 Å². The van der Waals surface area contributed by atoms with Crippen molar-refractivity contribution < 1.29 is 4.74 Å². The summed E-state index contributed by atoms with van der Waals surface area (Å²) in [6.07, 6.45) is 5.01. The lowest BCUT2D eigenvalue weighted by atomic mass is 10.1. The van der Waals surface area contributed by atoms with Gasteiger partial charge in [0.05, 0.1) is 6.61 Å². The van der Waals surface area contributed by atoms with Crippen molar-refractivity contribution in [3.05, 3.63) is 28.2 Å². The van der Waals surface area contributed by atoms with Gasteiger partial charge in [-0.2, -0.15) is 0 Å². The van der Waals surface area contributed by atoms with Gasteiger partial charge in [-0.3, -0.25) is 0 Å². The molecule has 4 heteroatoms. The molecule has 1 saturated heterocycles. The van der Waals surface area contributed by atoms with Crippen LogP contribution in [0.5, 0.6) is 0 Å². The van der Waals surface area contributed by atoms with Crippen molar-refractivity contribution in [1.82, 2.24) is 4.90 Å². The monoisotopic (exact) mass is 354 g/mol. The van der Waals surface area contributed by atoms with E-state index in [0.29, 0.717) is 12.6 Å². The van der Waals surface area contributed by atoms with Crippen molar-refractivity contribution in [3.8, 4) is 0 Å². The van der Waals surface area contributed by atoms with E-state index in [4.69, 9.17) is 4.74 Å². The molecular formula is C17H27BrN2O. The number of nitrogens with zero attached hydrogens (tertiary/aromatic N) is 1. The number of hydrogen-bond acceptors (Lipinski definition) is 3. The fraction of sp³-hybridized carbons (Fsp3) is 0.647. The summed E-state index contributed by atoms with van der Waals surface area (Å²) < 4.78 is 6.45. The van der Waals surface area contributed by atoms with Gasteiger partial charge in [0.25, 0.3) is 0 Å². The summed E-state index contributed by atoms with van der Waals surface area (Å²) in [6.45, 7) is 6.59. The van der Waals surface area contributed by atoms with Crippen molar-refractivity contribution in [2.45, 2.75) is 45.3 Å². The molecule has 2 rings (SSSR count). The smallest absolute Gasteiger partial charge is 0.0744 e. The van der Waals surface area contributed by atoms with Crippen LogP contribution in [0.2, 0.25) is 0 Å². The summed E-state index contributed by atoms with van der Waals surface area (Å²) in [5.74, 6) is 0. The summed E-state index contributed by atoms with van der Waals surface area (Å²) in [7, 11) is 1.75. The average Bonchev–Trinajstić information content (AvgIpc) is 2.69. The summed E-state index contributed by atoms with van der Waals surface area (Å²) in [6, 6.07) is 6.89. The quantitative estimate of drug-likeness (QED) is 0.825. The third-order valence-corrected chi connectivity index (χ3v) is 4.87. The van der Waals surface area contributed by atoms with Gasteiger partial charge in [0, 0.05) is 35.4 Å². The van der Waals surface area contributed by atoms with Crippen LogP contribution < -0.4 is 5.32 Å². The van der Waals surface area contributed by atoms with E-state index in [9.17, 15) is 0 Å². The first-order chi connectivity index (χ1) is 10.2. The molecule has 1 aromatic rings. The molecule has 21 heavy (non-hydrogen) atoms. The predicted molar refractivity (Wildman–Crippen MR) is 92.8 cm³/mol. The van der Waals surface area contributed by atoms with Crippen LogP contribution >= 0.6 is 15.9 Å². The minimum Gasteiger partial charge on any atom is -0.382 e. The standard InChI is InChI=1S/C17H27BrN2O/c1-3-10-20-11-5-6-14(9-12-20)19-17-8-4-7-16(18)15(17)13-21-2/h4,7-8,14,19H,3,5-6,9-13H2,1-2H3. The number of benzene rings is 1. The van der Waals surface area contributed by atoms with E-state index in [1.165, 1.54) is 56.6 Å². The van der Waals surface area contributed by atoms with E-state index in [0.717, 1.165) is 4.47 Å². The highest BCUT2D eigenvalue weighted by Crippen LogP contribution is 2.27. The highest BCUT2D eigenvalue weighted by Gasteiger charge is 2.17. The van der Waals surface area contributed by atoms with Crippen molar-refractivity contribution in [2.75, 3.05) is 32.1 Å². The molecule has 0 amide bonds. The van der Waals surface area contributed by atoms with E-state index in [2.05, 4.69) is 51.3 Å². The Hall–Kier alpha value is -0.580. The number of anilines is 1. The number of nitrogens with one attached hydrogen (secondary N) is 1. The maximum absolute atomic E-state index is 5.33. The van der Waals surface area contributed by atoms with Gasteiger partial charge in [-0.25, -0.2) is 0 Å². The fourth-order valence-electron chi connectivity index (χ4n) is 3.04. The van der Waals surface area contributed by atoms with Gasteiger partial charge >= 0.3 is 0 Å². The third-order valence-electron chi connectivity index (χ3n) is 4.13. The first-order valence-electron chi connectivity index (χ1n) is 7.99. The zero-order valence-electron chi connectivity index (χ0n) is 13.2. The predicted octanol–water partition coefficient (Wildman–Crippen LogP) is 4.27. The van der Waals surface area contributed by atoms with Crippen LogP contribution in [0.1, 0.15) is 38.2 Å². The molecule has 0 aliphatic carbocycles. The molecule has 0 radical (unpaired) electrons. The fourth-order valence-corrected chi connectivity index (χ4v) is 3.53. The molecule has 1 aromatic carbocycles. The van der Waals surface area contributed by atoms with Crippen LogP contribution in [0.15, 0.2) is 22.7 Å². The molecule has 1 atom stereocenters. The minimum absolute atomic E-state index is 0.566. The van der Waals surface area contributed by atoms with Crippen LogP contribution in [0, 0.1) is 0 Å². The Balaban J connectivity index is 1.99. The van der Waals surface area contributed by atoms with Gasteiger partial charge in [0.2, 0.25) is 0 Å². The summed E-state index contributed by atoms with van der Waals surface area (Å²) in [5, 5.41) is 3.74. The Morgan fingerprint density at radius 3 is 2.95 bits per heavy atom. The largest absolute Gasteiger partial charge is 0.382 e.